The molecule has 1 aromatic heterocycles. The Kier molecular flexibility index (Phi) is 6.25. The number of nitrogens with zero attached hydrogens (tertiary/aromatic N) is 2. The number of hydrogen-bond acceptors (Lipinski definition) is 4. The zero-order chi connectivity index (χ0) is 13.7. The number of halogens is 1. The Bertz CT molecular complexity index is 523. The third-order valence-electron chi connectivity index (χ3n) is 2.57. The van der Waals surface area contributed by atoms with Crippen molar-refractivity contribution >= 4 is 23.9 Å². The van der Waals surface area contributed by atoms with E-state index < -0.39 is 0 Å². The third kappa shape index (κ3) is 4.70. The Morgan fingerprint density at radius 3 is 2.40 bits per heavy atom. The average Bonchev–Trinajstić information content (AvgIpc) is 2.37. The smallest absolute Gasteiger partial charge is 0.134 e. The lowest BCUT2D eigenvalue weighted by Gasteiger charge is -2.09. The van der Waals surface area contributed by atoms with Crippen LogP contribution in [0.5, 0.6) is 5.75 Å². The third-order valence-corrected chi connectivity index (χ3v) is 2.57. The molecule has 0 bridgehead atoms. The molecule has 0 atom stereocenters. The fourth-order valence-corrected chi connectivity index (χ4v) is 1.78. The van der Waals surface area contributed by atoms with Crippen LogP contribution in [0.4, 0.5) is 11.5 Å². The molecule has 0 aliphatic heterocycles. The lowest BCUT2D eigenvalue weighted by Crippen LogP contribution is -1.99. The molecule has 2 rings (SSSR count). The van der Waals surface area contributed by atoms with Crippen LogP contribution in [-0.4, -0.2) is 16.6 Å². The number of rotatable bonds is 5. The monoisotopic (exact) mass is 293 g/mol. The van der Waals surface area contributed by atoms with E-state index in [2.05, 4.69) is 22.2 Å². The van der Waals surface area contributed by atoms with Gasteiger partial charge in [-0.15, -0.1) is 12.4 Å². The van der Waals surface area contributed by atoms with E-state index in [1.807, 2.05) is 44.2 Å². The van der Waals surface area contributed by atoms with E-state index in [9.17, 15) is 0 Å². The maximum absolute atomic E-state index is 5.55. The van der Waals surface area contributed by atoms with Crippen molar-refractivity contribution in [1.82, 2.24) is 9.97 Å². The average molecular weight is 294 g/mol. The fraction of sp³-hybridized carbons (Fsp3) is 0.333. The van der Waals surface area contributed by atoms with Crippen LogP contribution in [0.15, 0.2) is 30.3 Å². The Hall–Kier alpha value is -1.81. The standard InChI is InChI=1S/C15H19N3O.ClH/c1-4-9-19-14-7-5-13(6-8-14)18-15-10-11(2)16-12(3)17-15;/h5-8,10H,4,9H2,1-3H3,(H,16,17,18);1H. The maximum Gasteiger partial charge on any atom is 0.134 e. The first-order chi connectivity index (χ1) is 9.17. The van der Waals surface area contributed by atoms with Crippen LogP contribution < -0.4 is 10.1 Å². The summed E-state index contributed by atoms with van der Waals surface area (Å²) in [5.41, 5.74) is 1.94. The minimum Gasteiger partial charge on any atom is -0.494 e. The molecular formula is C15H20ClN3O. The van der Waals surface area contributed by atoms with E-state index in [0.717, 1.165) is 41.8 Å². The van der Waals surface area contributed by atoms with Crippen LogP contribution >= 0.6 is 12.4 Å². The van der Waals surface area contributed by atoms with Gasteiger partial charge in [0.2, 0.25) is 0 Å². The molecule has 1 heterocycles. The molecule has 1 N–H and O–H groups in total. The molecule has 2 aromatic rings. The number of benzene rings is 1. The highest BCUT2D eigenvalue weighted by atomic mass is 35.5. The highest BCUT2D eigenvalue weighted by molar-refractivity contribution is 5.85. The summed E-state index contributed by atoms with van der Waals surface area (Å²) < 4.78 is 5.55. The molecule has 108 valence electrons. The summed E-state index contributed by atoms with van der Waals surface area (Å²) in [6, 6.07) is 9.81. The van der Waals surface area contributed by atoms with Crippen molar-refractivity contribution in [3.8, 4) is 5.75 Å². The van der Waals surface area contributed by atoms with E-state index in [0.29, 0.717) is 0 Å². The molecule has 0 fully saturated rings. The molecule has 0 radical (unpaired) electrons. The second-order valence-corrected chi connectivity index (χ2v) is 4.44. The number of aryl methyl sites for hydroxylation is 2. The number of hydrogen-bond donors (Lipinski definition) is 1. The maximum atomic E-state index is 5.55. The zero-order valence-corrected chi connectivity index (χ0v) is 12.8. The molecule has 0 saturated carbocycles. The Morgan fingerprint density at radius 2 is 1.80 bits per heavy atom. The van der Waals surface area contributed by atoms with Crippen LogP contribution in [0.1, 0.15) is 24.9 Å². The Balaban J connectivity index is 0.00000200. The summed E-state index contributed by atoms with van der Waals surface area (Å²) in [6.45, 7) is 6.69. The molecule has 0 saturated heterocycles. The molecule has 5 heteroatoms. The van der Waals surface area contributed by atoms with Gasteiger partial charge in [0.25, 0.3) is 0 Å². The molecule has 1 aromatic carbocycles. The van der Waals surface area contributed by atoms with Gasteiger partial charge in [-0.1, -0.05) is 6.92 Å². The van der Waals surface area contributed by atoms with Crippen LogP contribution in [0.25, 0.3) is 0 Å². The summed E-state index contributed by atoms with van der Waals surface area (Å²) >= 11 is 0. The number of aromatic nitrogens is 2. The molecule has 0 amide bonds. The molecule has 0 aliphatic carbocycles. The first kappa shape index (κ1) is 16.2. The second-order valence-electron chi connectivity index (χ2n) is 4.44. The van der Waals surface area contributed by atoms with Crippen molar-refractivity contribution < 1.29 is 4.74 Å². The van der Waals surface area contributed by atoms with Crippen molar-refractivity contribution in [2.45, 2.75) is 27.2 Å². The van der Waals surface area contributed by atoms with Crippen molar-refractivity contribution in [1.29, 1.82) is 0 Å². The van der Waals surface area contributed by atoms with E-state index >= 15 is 0 Å². The SMILES string of the molecule is CCCOc1ccc(Nc2cc(C)nc(C)n2)cc1.Cl. The Labute approximate surface area is 126 Å². The molecule has 0 spiro atoms. The summed E-state index contributed by atoms with van der Waals surface area (Å²) in [5.74, 6) is 2.47. The van der Waals surface area contributed by atoms with Crippen molar-refractivity contribution in [2.75, 3.05) is 11.9 Å². The zero-order valence-electron chi connectivity index (χ0n) is 12.0. The highest BCUT2D eigenvalue weighted by Gasteiger charge is 2.00. The van der Waals surface area contributed by atoms with Crippen molar-refractivity contribution in [3.05, 3.63) is 41.9 Å². The van der Waals surface area contributed by atoms with Gasteiger partial charge < -0.3 is 10.1 Å². The largest absolute Gasteiger partial charge is 0.494 e. The second kappa shape index (κ2) is 7.70. The molecular weight excluding hydrogens is 274 g/mol. The van der Waals surface area contributed by atoms with Crippen molar-refractivity contribution in [2.24, 2.45) is 0 Å². The summed E-state index contributed by atoms with van der Waals surface area (Å²) in [7, 11) is 0. The van der Waals surface area contributed by atoms with Crippen LogP contribution in [-0.2, 0) is 0 Å². The van der Waals surface area contributed by atoms with Crippen LogP contribution in [0, 0.1) is 13.8 Å². The van der Waals surface area contributed by atoms with E-state index in [1.165, 1.54) is 0 Å². The Morgan fingerprint density at radius 1 is 1.10 bits per heavy atom. The van der Waals surface area contributed by atoms with Gasteiger partial charge in [-0.05, 0) is 44.5 Å². The molecule has 0 aliphatic rings. The van der Waals surface area contributed by atoms with Crippen LogP contribution in [0.2, 0.25) is 0 Å². The topological polar surface area (TPSA) is 47.0 Å². The van der Waals surface area contributed by atoms with Gasteiger partial charge in [0.1, 0.15) is 17.4 Å². The molecule has 0 unspecified atom stereocenters. The van der Waals surface area contributed by atoms with Gasteiger partial charge in [0, 0.05) is 17.4 Å². The number of anilines is 2. The molecule has 4 nitrogen and oxygen atoms in total. The minimum absolute atomic E-state index is 0. The lowest BCUT2D eigenvalue weighted by atomic mass is 10.3. The summed E-state index contributed by atoms with van der Waals surface area (Å²) in [6.07, 6.45) is 1.01. The van der Waals surface area contributed by atoms with Gasteiger partial charge in [-0.3, -0.25) is 0 Å². The van der Waals surface area contributed by atoms with Gasteiger partial charge in [0.15, 0.2) is 0 Å². The van der Waals surface area contributed by atoms with E-state index in [4.69, 9.17) is 4.74 Å². The number of ether oxygens (including phenoxy) is 1. The lowest BCUT2D eigenvalue weighted by molar-refractivity contribution is 0.317. The highest BCUT2D eigenvalue weighted by Crippen LogP contribution is 2.19. The normalized spacial score (nSPS) is 9.75. The van der Waals surface area contributed by atoms with Gasteiger partial charge >= 0.3 is 0 Å². The van der Waals surface area contributed by atoms with E-state index in [1.54, 1.807) is 0 Å². The quantitative estimate of drug-likeness (QED) is 0.903. The first-order valence-electron chi connectivity index (χ1n) is 6.49. The van der Waals surface area contributed by atoms with E-state index in [-0.39, 0.29) is 12.4 Å². The van der Waals surface area contributed by atoms with Gasteiger partial charge in [-0.25, -0.2) is 9.97 Å². The predicted octanol–water partition coefficient (Wildman–Crippen LogP) is 4.05. The first-order valence-corrected chi connectivity index (χ1v) is 6.49. The fourth-order valence-electron chi connectivity index (χ4n) is 1.78. The summed E-state index contributed by atoms with van der Waals surface area (Å²) in [5, 5.41) is 3.26. The number of nitrogens with one attached hydrogen (secondary N) is 1. The molecule has 20 heavy (non-hydrogen) atoms. The van der Waals surface area contributed by atoms with Gasteiger partial charge in [0.05, 0.1) is 6.61 Å². The summed E-state index contributed by atoms with van der Waals surface area (Å²) in [4.78, 5) is 8.60. The van der Waals surface area contributed by atoms with Crippen LogP contribution in [0.3, 0.4) is 0 Å². The van der Waals surface area contributed by atoms with Gasteiger partial charge in [-0.2, -0.15) is 0 Å². The van der Waals surface area contributed by atoms with Crippen molar-refractivity contribution in [3.63, 3.8) is 0 Å². The minimum atomic E-state index is 0. The predicted molar refractivity (Wildman–Crippen MR) is 84.3 cm³/mol.